The Hall–Kier alpha value is 0.0700. The fraction of sp³-hybridized carbons (Fsp3) is 1.00. The van der Waals surface area contributed by atoms with Crippen LogP contribution in [-0.2, 0) is 9.09 Å². The number of hydrogen-bond donors (Lipinski definition) is 2. The van der Waals surface area contributed by atoms with E-state index in [1.54, 1.807) is 0 Å². The van der Waals surface area contributed by atoms with Crippen LogP contribution in [0.2, 0.25) is 0 Å². The highest BCUT2D eigenvalue weighted by Gasteiger charge is 2.26. The molecule has 0 fully saturated rings. The summed E-state index contributed by atoms with van der Waals surface area (Å²) in [6.07, 6.45) is 13.2. The Balaban J connectivity index is 3.63. The molecule has 0 aromatic carbocycles. The van der Waals surface area contributed by atoms with Gasteiger partial charge < -0.3 is 14.3 Å². The molecule has 1 unspecified atom stereocenters. The van der Waals surface area contributed by atoms with E-state index in [1.807, 2.05) is 6.92 Å². The first-order valence-corrected chi connectivity index (χ1v) is 10.7. The number of hydrogen-bond acceptors (Lipinski definition) is 2. The molecule has 0 radical (unpaired) electrons. The van der Waals surface area contributed by atoms with E-state index in [2.05, 4.69) is 25.5 Å². The smallest absolute Gasteiger partial charge is 0.324 e. The number of phosphoric ester groups is 1. The predicted molar refractivity (Wildman–Crippen MR) is 96.3 cm³/mol. The van der Waals surface area contributed by atoms with Crippen LogP contribution < -0.4 is 0 Å². The molecule has 1 atom stereocenters. The summed E-state index contributed by atoms with van der Waals surface area (Å²) in [5.41, 5.74) is 0. The zero-order chi connectivity index (χ0) is 17.8. The first kappa shape index (κ1) is 23.1. The minimum atomic E-state index is -4.35. The molecule has 0 saturated heterocycles. The lowest BCUT2D eigenvalue weighted by Gasteiger charge is -2.36. The van der Waals surface area contributed by atoms with Crippen LogP contribution in [-0.4, -0.2) is 47.6 Å². The summed E-state index contributed by atoms with van der Waals surface area (Å²) < 4.78 is 16.1. The molecule has 6 heteroatoms. The van der Waals surface area contributed by atoms with Crippen LogP contribution in [0.25, 0.3) is 0 Å². The fourth-order valence-electron chi connectivity index (χ4n) is 2.63. The monoisotopic (exact) mass is 352 g/mol. The normalized spacial score (nSPS) is 14.2. The number of phosphoric acid groups is 1. The summed E-state index contributed by atoms with van der Waals surface area (Å²) in [6.45, 7) is 5.34. The number of unbranched alkanes of at least 4 members (excludes halogenated alkanes) is 9. The summed E-state index contributed by atoms with van der Waals surface area (Å²) in [5.74, 6) is 0. The van der Waals surface area contributed by atoms with Crippen molar-refractivity contribution < 1.29 is 23.4 Å². The molecule has 2 N–H and O–H groups in total. The molecule has 0 rings (SSSR count). The van der Waals surface area contributed by atoms with Gasteiger partial charge in [-0.15, -0.1) is 0 Å². The van der Waals surface area contributed by atoms with E-state index >= 15 is 0 Å². The third kappa shape index (κ3) is 14.1. The number of nitrogens with zero attached hydrogens (tertiary/aromatic N) is 1. The van der Waals surface area contributed by atoms with Gasteiger partial charge in [0.2, 0.25) is 0 Å². The van der Waals surface area contributed by atoms with Crippen LogP contribution in [0, 0.1) is 0 Å². The van der Waals surface area contributed by atoms with Crippen molar-refractivity contribution in [2.24, 2.45) is 0 Å². The molecule has 0 aromatic rings. The van der Waals surface area contributed by atoms with Gasteiger partial charge in [0.25, 0.3) is 0 Å². The molecule has 0 heterocycles. The molecule has 0 spiro atoms. The van der Waals surface area contributed by atoms with Crippen molar-refractivity contribution in [3.8, 4) is 0 Å². The topological polar surface area (TPSA) is 66.8 Å². The summed E-state index contributed by atoms with van der Waals surface area (Å²) in [7, 11) is -0.157. The van der Waals surface area contributed by atoms with E-state index in [-0.39, 0.29) is 12.6 Å². The second kappa shape index (κ2) is 12.4. The first-order valence-electron chi connectivity index (χ1n) is 9.22. The maximum Gasteiger partial charge on any atom is 0.469 e. The third-order valence-corrected chi connectivity index (χ3v) is 5.25. The van der Waals surface area contributed by atoms with E-state index in [4.69, 9.17) is 9.79 Å². The van der Waals surface area contributed by atoms with Crippen molar-refractivity contribution in [3.05, 3.63) is 0 Å². The summed E-state index contributed by atoms with van der Waals surface area (Å²) in [6, 6.07) is 0.0705. The summed E-state index contributed by atoms with van der Waals surface area (Å²) in [5, 5.41) is 0. The van der Waals surface area contributed by atoms with Crippen LogP contribution in [0.1, 0.15) is 78.1 Å². The van der Waals surface area contributed by atoms with Crippen LogP contribution >= 0.6 is 7.82 Å². The molecule has 0 amide bonds. The van der Waals surface area contributed by atoms with Gasteiger partial charge in [0.15, 0.2) is 0 Å². The lowest BCUT2D eigenvalue weighted by molar-refractivity contribution is -0.913. The van der Waals surface area contributed by atoms with Gasteiger partial charge in [-0.2, -0.15) is 0 Å². The second-order valence-electron chi connectivity index (χ2n) is 7.32. The minimum absolute atomic E-state index is 0.0705. The van der Waals surface area contributed by atoms with Crippen LogP contribution in [0.15, 0.2) is 0 Å². The largest absolute Gasteiger partial charge is 0.469 e. The molecule has 5 nitrogen and oxygen atoms in total. The Kier molecular flexibility index (Phi) is 12.5. The van der Waals surface area contributed by atoms with Gasteiger partial charge >= 0.3 is 7.82 Å². The maximum absolute atomic E-state index is 10.8. The number of likely N-dealkylation sites (N-methyl/N-ethyl adjacent to an activating group) is 1. The predicted octanol–water partition coefficient (Wildman–Crippen LogP) is 4.48. The van der Waals surface area contributed by atoms with Crippen molar-refractivity contribution in [1.29, 1.82) is 0 Å². The highest BCUT2D eigenvalue weighted by molar-refractivity contribution is 7.46. The maximum atomic E-state index is 10.8. The standard InChI is InChI=1S/C17H38NO4P/c1-5-6-7-8-9-10-11-12-13-14-15-18(3,4)17(2)16-22-23(19,20)21/h17H,5-16H2,1-4H3,(H-,19,20,21)/p+1. The average Bonchev–Trinajstić information content (AvgIpc) is 2.45. The summed E-state index contributed by atoms with van der Waals surface area (Å²) >= 11 is 0. The van der Waals surface area contributed by atoms with Crippen molar-refractivity contribution in [2.75, 3.05) is 27.2 Å². The molecule has 0 aliphatic rings. The Morgan fingerprint density at radius 2 is 1.35 bits per heavy atom. The molecule has 0 saturated carbocycles. The quantitative estimate of drug-likeness (QED) is 0.259. The SMILES string of the molecule is CCCCCCCCCCCC[N+](C)(C)C(C)COP(=O)(O)O. The molecule has 0 aromatic heterocycles. The van der Waals surface area contributed by atoms with Gasteiger partial charge in [0.1, 0.15) is 12.6 Å². The Labute approximate surface area is 143 Å². The van der Waals surface area contributed by atoms with Crippen molar-refractivity contribution >= 4 is 7.82 Å². The molecular formula is C17H39NO4P+. The third-order valence-electron chi connectivity index (χ3n) is 4.77. The Morgan fingerprint density at radius 3 is 1.78 bits per heavy atom. The van der Waals surface area contributed by atoms with Gasteiger partial charge in [-0.05, 0) is 19.8 Å². The van der Waals surface area contributed by atoms with Crippen LogP contribution in [0.3, 0.4) is 0 Å². The first-order chi connectivity index (χ1) is 10.7. The van der Waals surface area contributed by atoms with Gasteiger partial charge in [0, 0.05) is 0 Å². The number of rotatable bonds is 15. The Morgan fingerprint density at radius 1 is 0.913 bits per heavy atom. The zero-order valence-corrected chi connectivity index (χ0v) is 16.6. The average molecular weight is 352 g/mol. The van der Waals surface area contributed by atoms with E-state index in [1.165, 1.54) is 57.8 Å². The van der Waals surface area contributed by atoms with Crippen LogP contribution in [0.5, 0.6) is 0 Å². The minimum Gasteiger partial charge on any atom is -0.324 e. The lowest BCUT2D eigenvalue weighted by atomic mass is 10.1. The Bertz CT molecular complexity index is 331. The van der Waals surface area contributed by atoms with Crippen molar-refractivity contribution in [2.45, 2.75) is 84.1 Å². The zero-order valence-electron chi connectivity index (χ0n) is 15.7. The van der Waals surface area contributed by atoms with Gasteiger partial charge in [-0.1, -0.05) is 58.3 Å². The molecule has 0 aliphatic carbocycles. The fourth-order valence-corrected chi connectivity index (χ4v) is 3.04. The number of quaternary nitrogens is 1. The molecule has 0 aliphatic heterocycles. The lowest BCUT2D eigenvalue weighted by Crippen LogP contribution is -2.49. The summed E-state index contributed by atoms with van der Waals surface area (Å²) in [4.78, 5) is 17.6. The molecular weight excluding hydrogens is 313 g/mol. The van der Waals surface area contributed by atoms with Gasteiger partial charge in [0.05, 0.1) is 20.6 Å². The highest BCUT2D eigenvalue weighted by atomic mass is 31.2. The van der Waals surface area contributed by atoms with Crippen molar-refractivity contribution in [3.63, 3.8) is 0 Å². The van der Waals surface area contributed by atoms with E-state index in [0.29, 0.717) is 0 Å². The van der Waals surface area contributed by atoms with Crippen LogP contribution in [0.4, 0.5) is 0 Å². The van der Waals surface area contributed by atoms with E-state index in [0.717, 1.165) is 17.4 Å². The van der Waals surface area contributed by atoms with Crippen molar-refractivity contribution in [1.82, 2.24) is 0 Å². The highest BCUT2D eigenvalue weighted by Crippen LogP contribution is 2.36. The van der Waals surface area contributed by atoms with Gasteiger partial charge in [-0.25, -0.2) is 4.57 Å². The van der Waals surface area contributed by atoms with E-state index in [9.17, 15) is 4.57 Å². The second-order valence-corrected chi connectivity index (χ2v) is 8.56. The van der Waals surface area contributed by atoms with E-state index < -0.39 is 7.82 Å². The molecule has 0 bridgehead atoms. The van der Waals surface area contributed by atoms with Gasteiger partial charge in [-0.3, -0.25) is 4.52 Å². The molecule has 140 valence electrons. The molecule has 23 heavy (non-hydrogen) atoms.